The molecule has 6 nitrogen and oxygen atoms in total. The topological polar surface area (TPSA) is 92.7 Å². The fourth-order valence-electron chi connectivity index (χ4n) is 1.99. The van der Waals surface area contributed by atoms with Gasteiger partial charge in [0.05, 0.1) is 11.8 Å². The Labute approximate surface area is 156 Å². The van der Waals surface area contributed by atoms with Crippen LogP contribution in [-0.4, -0.2) is 26.7 Å². The van der Waals surface area contributed by atoms with Gasteiger partial charge < -0.3 is 4.42 Å². The second-order valence-electron chi connectivity index (χ2n) is 5.03. The summed E-state index contributed by atoms with van der Waals surface area (Å²) in [6, 6.07) is 9.05. The minimum atomic E-state index is -0.874. The number of nitriles is 1. The van der Waals surface area contributed by atoms with Gasteiger partial charge in [-0.1, -0.05) is 29.4 Å². The first-order valence-corrected chi connectivity index (χ1v) is 9.37. The zero-order valence-corrected chi connectivity index (χ0v) is 15.4. The third kappa shape index (κ3) is 4.25. The van der Waals surface area contributed by atoms with Gasteiger partial charge in [-0.2, -0.15) is 5.26 Å². The fraction of sp³-hybridized carbons (Fsp3) is 0.188. The van der Waals surface area contributed by atoms with Crippen LogP contribution >= 0.6 is 34.7 Å². The van der Waals surface area contributed by atoms with Crippen LogP contribution in [0.1, 0.15) is 16.6 Å². The standard InChI is InChI=1S/C16H11ClN4O2S2/c1-9-7-24-15(19-9)12(6-18)13(22)8-25-16-21-20-14(23-16)10-3-2-4-11(17)5-10/h2-5,7,12H,8H2,1H3/t12-/m1/s1. The van der Waals surface area contributed by atoms with Crippen LogP contribution in [0.25, 0.3) is 11.5 Å². The Hall–Kier alpha value is -2.21. The summed E-state index contributed by atoms with van der Waals surface area (Å²) in [4.78, 5) is 16.5. The van der Waals surface area contributed by atoms with E-state index >= 15 is 0 Å². The number of hydrogen-bond donors (Lipinski definition) is 0. The zero-order valence-electron chi connectivity index (χ0n) is 13.0. The maximum Gasteiger partial charge on any atom is 0.277 e. The van der Waals surface area contributed by atoms with E-state index in [-0.39, 0.29) is 16.8 Å². The summed E-state index contributed by atoms with van der Waals surface area (Å²) in [5, 5.41) is 20.3. The summed E-state index contributed by atoms with van der Waals surface area (Å²) in [6.45, 7) is 1.82. The van der Waals surface area contributed by atoms with Crippen molar-refractivity contribution in [2.24, 2.45) is 0 Å². The second-order valence-corrected chi connectivity index (χ2v) is 7.28. The monoisotopic (exact) mass is 390 g/mol. The van der Waals surface area contributed by atoms with Gasteiger partial charge in [-0.25, -0.2) is 4.98 Å². The minimum absolute atomic E-state index is 0.0496. The van der Waals surface area contributed by atoms with Gasteiger partial charge in [-0.3, -0.25) is 4.79 Å². The predicted molar refractivity (Wildman–Crippen MR) is 95.7 cm³/mol. The van der Waals surface area contributed by atoms with Crippen molar-refractivity contribution in [2.75, 3.05) is 5.75 Å². The summed E-state index contributed by atoms with van der Waals surface area (Å²) in [5.41, 5.74) is 1.50. The average Bonchev–Trinajstić information content (AvgIpc) is 3.23. The smallest absolute Gasteiger partial charge is 0.277 e. The quantitative estimate of drug-likeness (QED) is 0.584. The van der Waals surface area contributed by atoms with E-state index in [1.807, 2.05) is 18.4 Å². The second kappa shape index (κ2) is 7.78. The molecule has 0 amide bonds. The number of thioether (sulfide) groups is 1. The van der Waals surface area contributed by atoms with Gasteiger partial charge in [0.2, 0.25) is 5.89 Å². The summed E-state index contributed by atoms with van der Waals surface area (Å²) in [7, 11) is 0. The van der Waals surface area contributed by atoms with E-state index in [2.05, 4.69) is 15.2 Å². The Balaban J connectivity index is 1.66. The molecule has 0 N–H and O–H groups in total. The van der Waals surface area contributed by atoms with Crippen LogP contribution in [0, 0.1) is 18.3 Å². The molecule has 0 aliphatic rings. The highest BCUT2D eigenvalue weighted by molar-refractivity contribution is 7.99. The van der Waals surface area contributed by atoms with Gasteiger partial charge in [-0.05, 0) is 25.1 Å². The molecule has 0 aliphatic heterocycles. The molecule has 0 unspecified atom stereocenters. The Morgan fingerprint density at radius 1 is 1.48 bits per heavy atom. The van der Waals surface area contributed by atoms with Gasteiger partial charge in [0.25, 0.3) is 5.22 Å². The Bertz CT molecular complexity index is 948. The number of carbonyl (C=O) groups is 1. The molecule has 2 heterocycles. The molecule has 0 bridgehead atoms. The summed E-state index contributed by atoms with van der Waals surface area (Å²) < 4.78 is 5.53. The van der Waals surface area contributed by atoms with Gasteiger partial charge in [0, 0.05) is 21.7 Å². The maximum absolute atomic E-state index is 12.3. The number of carbonyl (C=O) groups excluding carboxylic acids is 1. The lowest BCUT2D eigenvalue weighted by molar-refractivity contribution is -0.116. The van der Waals surface area contributed by atoms with Gasteiger partial charge in [0.15, 0.2) is 11.7 Å². The largest absolute Gasteiger partial charge is 0.411 e. The van der Waals surface area contributed by atoms with Crippen molar-refractivity contribution in [3.8, 4) is 17.5 Å². The Kier molecular flexibility index (Phi) is 5.48. The van der Waals surface area contributed by atoms with Crippen LogP contribution < -0.4 is 0 Å². The first kappa shape index (κ1) is 17.6. The first-order valence-electron chi connectivity index (χ1n) is 7.13. The normalized spacial score (nSPS) is 11.9. The zero-order chi connectivity index (χ0) is 17.8. The van der Waals surface area contributed by atoms with Crippen molar-refractivity contribution in [3.05, 3.63) is 45.4 Å². The van der Waals surface area contributed by atoms with E-state index in [1.54, 1.807) is 24.3 Å². The number of benzene rings is 1. The number of hydrogen-bond acceptors (Lipinski definition) is 8. The third-order valence-corrected chi connectivity index (χ3v) is 5.25. The van der Waals surface area contributed by atoms with E-state index in [1.165, 1.54) is 11.3 Å². The van der Waals surface area contributed by atoms with Crippen LogP contribution in [0.15, 0.2) is 39.3 Å². The van der Waals surface area contributed by atoms with E-state index in [4.69, 9.17) is 16.0 Å². The number of halogens is 1. The van der Waals surface area contributed by atoms with E-state index in [0.717, 1.165) is 17.5 Å². The number of rotatable bonds is 6. The molecule has 1 atom stereocenters. The van der Waals surface area contributed by atoms with Crippen LogP contribution in [0.4, 0.5) is 0 Å². The molecule has 0 spiro atoms. The summed E-state index contributed by atoms with van der Waals surface area (Å²) in [5.74, 6) is -0.746. The lowest BCUT2D eigenvalue weighted by Gasteiger charge is -2.02. The molecule has 0 fully saturated rings. The highest BCUT2D eigenvalue weighted by Crippen LogP contribution is 2.27. The van der Waals surface area contributed by atoms with Crippen LogP contribution in [-0.2, 0) is 4.79 Å². The summed E-state index contributed by atoms with van der Waals surface area (Å²) >= 11 is 8.34. The lowest BCUT2D eigenvalue weighted by Crippen LogP contribution is -2.13. The molecule has 25 heavy (non-hydrogen) atoms. The number of aryl methyl sites for hydroxylation is 1. The molecule has 3 aromatic rings. The van der Waals surface area contributed by atoms with Crippen molar-refractivity contribution in [2.45, 2.75) is 18.1 Å². The van der Waals surface area contributed by atoms with Gasteiger partial charge in [-0.15, -0.1) is 21.5 Å². The number of aromatic nitrogens is 3. The number of Topliss-reactive ketones (excluding diaryl/α,β-unsaturated/α-hetero) is 1. The molecular formula is C16H11ClN4O2S2. The average molecular weight is 391 g/mol. The first-order chi connectivity index (χ1) is 12.1. The van der Waals surface area contributed by atoms with Crippen molar-refractivity contribution >= 4 is 40.5 Å². The predicted octanol–water partition coefficient (Wildman–Crippen LogP) is 4.12. The Morgan fingerprint density at radius 3 is 3.00 bits per heavy atom. The van der Waals surface area contributed by atoms with Crippen molar-refractivity contribution in [1.29, 1.82) is 5.26 Å². The van der Waals surface area contributed by atoms with Crippen molar-refractivity contribution < 1.29 is 9.21 Å². The maximum atomic E-state index is 12.3. The number of thiazole rings is 1. The Morgan fingerprint density at radius 2 is 2.32 bits per heavy atom. The molecule has 0 saturated heterocycles. The van der Waals surface area contributed by atoms with E-state index in [9.17, 15) is 10.1 Å². The van der Waals surface area contributed by atoms with E-state index < -0.39 is 5.92 Å². The van der Waals surface area contributed by atoms with Crippen LogP contribution in [0.2, 0.25) is 5.02 Å². The third-order valence-electron chi connectivity index (χ3n) is 3.15. The molecule has 2 aromatic heterocycles. The highest BCUT2D eigenvalue weighted by Gasteiger charge is 2.24. The van der Waals surface area contributed by atoms with Crippen LogP contribution in [0.5, 0.6) is 0 Å². The molecule has 0 saturated carbocycles. The van der Waals surface area contributed by atoms with Gasteiger partial charge in [0.1, 0.15) is 5.01 Å². The molecule has 1 aromatic carbocycles. The minimum Gasteiger partial charge on any atom is -0.411 e. The molecule has 126 valence electrons. The summed E-state index contributed by atoms with van der Waals surface area (Å²) in [6.07, 6.45) is 0. The molecule has 0 radical (unpaired) electrons. The molecule has 3 rings (SSSR count). The molecular weight excluding hydrogens is 380 g/mol. The number of nitrogens with zero attached hydrogens (tertiary/aromatic N) is 4. The highest BCUT2D eigenvalue weighted by atomic mass is 35.5. The van der Waals surface area contributed by atoms with E-state index in [0.29, 0.717) is 21.5 Å². The fourth-order valence-corrected chi connectivity index (χ4v) is 3.71. The van der Waals surface area contributed by atoms with Gasteiger partial charge >= 0.3 is 0 Å². The van der Waals surface area contributed by atoms with Crippen LogP contribution in [0.3, 0.4) is 0 Å². The van der Waals surface area contributed by atoms with Crippen molar-refractivity contribution in [3.63, 3.8) is 0 Å². The van der Waals surface area contributed by atoms with Crippen molar-refractivity contribution in [1.82, 2.24) is 15.2 Å². The number of ketones is 1. The molecule has 0 aliphatic carbocycles. The molecule has 9 heteroatoms. The lowest BCUT2D eigenvalue weighted by atomic mass is 10.1. The SMILES string of the molecule is Cc1csc([C@H](C#N)C(=O)CSc2nnc(-c3cccc(Cl)c3)o2)n1.